The summed E-state index contributed by atoms with van der Waals surface area (Å²) in [4.78, 5) is 40.4. The summed E-state index contributed by atoms with van der Waals surface area (Å²) in [5.74, 6) is -1.15. The fourth-order valence-electron chi connectivity index (χ4n) is 4.18. The number of rotatable bonds is 5. The van der Waals surface area contributed by atoms with Gasteiger partial charge in [0.2, 0.25) is 5.91 Å². The van der Waals surface area contributed by atoms with E-state index in [1.165, 1.54) is 0 Å². The van der Waals surface area contributed by atoms with Crippen molar-refractivity contribution in [1.82, 2.24) is 9.80 Å². The van der Waals surface area contributed by atoms with Crippen LogP contribution in [0.4, 0.5) is 0 Å². The summed E-state index contributed by atoms with van der Waals surface area (Å²) in [5, 5.41) is 9.38. The predicted molar refractivity (Wildman–Crippen MR) is 103 cm³/mol. The number of carbonyl (C=O) groups is 3. The van der Waals surface area contributed by atoms with Crippen LogP contribution in [0.1, 0.15) is 32.6 Å². The van der Waals surface area contributed by atoms with Gasteiger partial charge in [-0.15, -0.1) is 0 Å². The van der Waals surface area contributed by atoms with Crippen molar-refractivity contribution in [2.45, 2.75) is 38.6 Å². The van der Waals surface area contributed by atoms with Crippen LogP contribution in [0.5, 0.6) is 5.75 Å². The lowest BCUT2D eigenvalue weighted by Gasteiger charge is -2.41. The Hall–Kier alpha value is -2.57. The quantitative estimate of drug-likeness (QED) is 0.834. The van der Waals surface area contributed by atoms with Gasteiger partial charge in [-0.2, -0.15) is 0 Å². The third-order valence-corrected chi connectivity index (χ3v) is 5.82. The SMILES string of the molecule is C[C@@H]1[C@H](C(=O)O)CCCN1C(=O)C1CCCN(C(=O)COc2ccccc2)C1. The van der Waals surface area contributed by atoms with Gasteiger partial charge >= 0.3 is 5.97 Å². The van der Waals surface area contributed by atoms with Crippen LogP contribution in [0.25, 0.3) is 0 Å². The Bertz CT molecular complexity index is 708. The zero-order valence-electron chi connectivity index (χ0n) is 16.3. The summed E-state index contributed by atoms with van der Waals surface area (Å²) in [7, 11) is 0. The zero-order valence-corrected chi connectivity index (χ0v) is 16.3. The van der Waals surface area contributed by atoms with Crippen molar-refractivity contribution >= 4 is 17.8 Å². The second-order valence-corrected chi connectivity index (χ2v) is 7.64. The topological polar surface area (TPSA) is 87.2 Å². The molecule has 0 aliphatic carbocycles. The van der Waals surface area contributed by atoms with Crippen molar-refractivity contribution in [2.24, 2.45) is 11.8 Å². The summed E-state index contributed by atoms with van der Waals surface area (Å²) in [6.07, 6.45) is 2.79. The van der Waals surface area contributed by atoms with Crippen molar-refractivity contribution < 1.29 is 24.2 Å². The zero-order chi connectivity index (χ0) is 20.1. The van der Waals surface area contributed by atoms with E-state index in [1.54, 1.807) is 21.9 Å². The van der Waals surface area contributed by atoms with Crippen molar-refractivity contribution in [2.75, 3.05) is 26.2 Å². The number of amides is 2. The number of hydrogen-bond donors (Lipinski definition) is 1. The number of carboxylic acids is 1. The van der Waals surface area contributed by atoms with Crippen molar-refractivity contribution in [3.8, 4) is 5.75 Å². The van der Waals surface area contributed by atoms with E-state index in [1.807, 2.05) is 25.1 Å². The standard InChI is InChI=1S/C21H28N2O5/c1-15-18(21(26)27)10-6-12-23(15)20(25)16-7-5-11-22(13-16)19(24)14-28-17-8-3-2-4-9-17/h2-4,8-9,15-16,18H,5-7,10-14H2,1H3,(H,26,27)/t15-,16?,18-/m1/s1. The van der Waals surface area contributed by atoms with Crippen LogP contribution in [0.2, 0.25) is 0 Å². The molecule has 0 radical (unpaired) electrons. The van der Waals surface area contributed by atoms with Crippen LogP contribution in [0, 0.1) is 11.8 Å². The number of aliphatic carboxylic acids is 1. The van der Waals surface area contributed by atoms with Gasteiger partial charge in [0.25, 0.3) is 5.91 Å². The number of carboxylic acid groups (broad SMARTS) is 1. The summed E-state index contributed by atoms with van der Waals surface area (Å²) < 4.78 is 5.54. The molecule has 3 atom stereocenters. The van der Waals surface area contributed by atoms with Crippen LogP contribution < -0.4 is 4.74 Å². The first-order chi connectivity index (χ1) is 13.5. The fraction of sp³-hybridized carbons (Fsp3) is 0.571. The average molecular weight is 388 g/mol. The van der Waals surface area contributed by atoms with Gasteiger partial charge in [-0.25, -0.2) is 0 Å². The molecule has 2 amide bonds. The van der Waals surface area contributed by atoms with Crippen LogP contribution in [0.15, 0.2) is 30.3 Å². The Kier molecular flexibility index (Phi) is 6.54. The van der Waals surface area contributed by atoms with Gasteiger partial charge in [0.15, 0.2) is 6.61 Å². The molecule has 28 heavy (non-hydrogen) atoms. The molecule has 7 heteroatoms. The molecule has 0 spiro atoms. The average Bonchev–Trinajstić information content (AvgIpc) is 2.72. The second kappa shape index (κ2) is 9.08. The molecule has 0 bridgehead atoms. The molecule has 0 aromatic heterocycles. The second-order valence-electron chi connectivity index (χ2n) is 7.64. The molecule has 0 saturated carbocycles. The first kappa shape index (κ1) is 20.2. The maximum Gasteiger partial charge on any atom is 0.308 e. The van der Waals surface area contributed by atoms with Crippen molar-refractivity contribution in [1.29, 1.82) is 0 Å². The van der Waals surface area contributed by atoms with Gasteiger partial charge in [-0.05, 0) is 44.7 Å². The molecular weight excluding hydrogens is 360 g/mol. The molecule has 152 valence electrons. The summed E-state index contributed by atoms with van der Waals surface area (Å²) in [6.45, 7) is 3.34. The highest BCUT2D eigenvalue weighted by Crippen LogP contribution is 2.28. The number of hydrogen-bond acceptors (Lipinski definition) is 4. The predicted octanol–water partition coefficient (Wildman–Crippen LogP) is 2.02. The molecule has 2 fully saturated rings. The Labute approximate surface area is 165 Å². The summed E-state index contributed by atoms with van der Waals surface area (Å²) in [6, 6.07) is 8.86. The van der Waals surface area contributed by atoms with Crippen molar-refractivity contribution in [3.63, 3.8) is 0 Å². The Balaban J connectivity index is 1.57. The molecule has 2 saturated heterocycles. The smallest absolute Gasteiger partial charge is 0.308 e. The van der Waals surface area contributed by atoms with E-state index in [9.17, 15) is 19.5 Å². The number of ether oxygens (including phenoxy) is 1. The minimum absolute atomic E-state index is 0.0278. The van der Waals surface area contributed by atoms with Gasteiger partial charge in [-0.1, -0.05) is 18.2 Å². The van der Waals surface area contributed by atoms with E-state index in [2.05, 4.69) is 0 Å². The highest BCUT2D eigenvalue weighted by Gasteiger charge is 2.39. The number of para-hydroxylation sites is 1. The monoisotopic (exact) mass is 388 g/mol. The third-order valence-electron chi connectivity index (χ3n) is 5.82. The molecule has 2 heterocycles. The number of nitrogens with zero attached hydrogens (tertiary/aromatic N) is 2. The fourth-order valence-corrected chi connectivity index (χ4v) is 4.18. The molecule has 2 aliphatic rings. The maximum atomic E-state index is 13.0. The lowest BCUT2D eigenvalue weighted by molar-refractivity contribution is -0.151. The molecule has 1 aromatic carbocycles. The van der Waals surface area contributed by atoms with Gasteiger partial charge in [0.05, 0.1) is 11.8 Å². The first-order valence-electron chi connectivity index (χ1n) is 9.96. The number of benzene rings is 1. The summed E-state index contributed by atoms with van der Waals surface area (Å²) >= 11 is 0. The van der Waals surface area contributed by atoms with E-state index in [0.29, 0.717) is 38.2 Å². The van der Waals surface area contributed by atoms with Gasteiger partial charge in [0.1, 0.15) is 5.75 Å². The summed E-state index contributed by atoms with van der Waals surface area (Å²) in [5.41, 5.74) is 0. The minimum Gasteiger partial charge on any atom is -0.484 e. The number of carbonyl (C=O) groups excluding carboxylic acids is 2. The van der Waals surface area contributed by atoms with Gasteiger partial charge < -0.3 is 19.6 Å². The van der Waals surface area contributed by atoms with Crippen LogP contribution in [-0.2, 0) is 14.4 Å². The largest absolute Gasteiger partial charge is 0.484 e. The maximum absolute atomic E-state index is 13.0. The highest BCUT2D eigenvalue weighted by atomic mass is 16.5. The third kappa shape index (κ3) is 4.64. The lowest BCUT2D eigenvalue weighted by Crippen LogP contribution is -2.54. The minimum atomic E-state index is -0.844. The Morgan fingerprint density at radius 1 is 1.11 bits per heavy atom. The van der Waals surface area contributed by atoms with E-state index in [-0.39, 0.29) is 30.4 Å². The number of likely N-dealkylation sites (tertiary alicyclic amines) is 2. The van der Waals surface area contributed by atoms with E-state index >= 15 is 0 Å². The van der Waals surface area contributed by atoms with Crippen LogP contribution in [0.3, 0.4) is 0 Å². The molecule has 1 aromatic rings. The molecule has 1 N–H and O–H groups in total. The highest BCUT2D eigenvalue weighted by molar-refractivity contribution is 5.83. The molecule has 2 aliphatic heterocycles. The molecule has 3 rings (SSSR count). The van der Waals surface area contributed by atoms with Gasteiger partial charge in [0, 0.05) is 25.7 Å². The lowest BCUT2D eigenvalue weighted by atomic mass is 9.88. The molecule has 7 nitrogen and oxygen atoms in total. The van der Waals surface area contributed by atoms with Crippen LogP contribution >= 0.6 is 0 Å². The first-order valence-corrected chi connectivity index (χ1v) is 9.96. The molecular formula is C21H28N2O5. The Morgan fingerprint density at radius 2 is 1.82 bits per heavy atom. The van der Waals surface area contributed by atoms with Crippen LogP contribution in [-0.4, -0.2) is 65.0 Å². The van der Waals surface area contributed by atoms with E-state index in [4.69, 9.17) is 4.74 Å². The molecule has 1 unspecified atom stereocenters. The Morgan fingerprint density at radius 3 is 2.54 bits per heavy atom. The van der Waals surface area contributed by atoms with E-state index in [0.717, 1.165) is 12.8 Å². The van der Waals surface area contributed by atoms with Crippen molar-refractivity contribution in [3.05, 3.63) is 30.3 Å². The van der Waals surface area contributed by atoms with Gasteiger partial charge in [-0.3, -0.25) is 14.4 Å². The normalized spacial score (nSPS) is 25.2. The van der Waals surface area contributed by atoms with E-state index < -0.39 is 11.9 Å². The number of piperidine rings is 2.